The molecule has 0 rings (SSSR count). The lowest BCUT2D eigenvalue weighted by molar-refractivity contribution is -0.118. The SMILES string of the molecule is C.CC.CCCC(N)C(C)=O. The Morgan fingerprint density at radius 2 is 1.82 bits per heavy atom. The molecule has 0 saturated carbocycles. The minimum atomic E-state index is -0.222. The molecule has 1 unspecified atom stereocenters. The fraction of sp³-hybridized carbons (Fsp3) is 0.889. The van der Waals surface area contributed by atoms with Gasteiger partial charge in [-0.2, -0.15) is 0 Å². The van der Waals surface area contributed by atoms with E-state index >= 15 is 0 Å². The molecule has 0 aliphatic heterocycles. The summed E-state index contributed by atoms with van der Waals surface area (Å²) in [6.45, 7) is 7.54. The van der Waals surface area contributed by atoms with Gasteiger partial charge in [-0.05, 0) is 13.3 Å². The predicted octanol–water partition coefficient (Wildman–Crippen LogP) is 2.37. The molecule has 2 N–H and O–H groups in total. The summed E-state index contributed by atoms with van der Waals surface area (Å²) in [5.74, 6) is 0.0897. The number of carbonyl (C=O) groups is 1. The van der Waals surface area contributed by atoms with Crippen molar-refractivity contribution in [1.29, 1.82) is 0 Å². The Kier molecular flexibility index (Phi) is 19.0. The topological polar surface area (TPSA) is 43.1 Å². The second-order valence-electron chi connectivity index (χ2n) is 2.01. The molecule has 0 aliphatic carbocycles. The van der Waals surface area contributed by atoms with Crippen LogP contribution in [-0.4, -0.2) is 11.8 Å². The van der Waals surface area contributed by atoms with Crippen molar-refractivity contribution in [2.24, 2.45) is 5.73 Å². The number of ketones is 1. The molecule has 2 heteroatoms. The molecule has 0 amide bonds. The van der Waals surface area contributed by atoms with Gasteiger partial charge in [-0.1, -0.05) is 34.6 Å². The van der Waals surface area contributed by atoms with Crippen molar-refractivity contribution in [2.45, 2.75) is 54.0 Å². The molecule has 0 bridgehead atoms. The number of carbonyl (C=O) groups excluding carboxylic acids is 1. The van der Waals surface area contributed by atoms with Gasteiger partial charge in [0.15, 0.2) is 0 Å². The molecule has 0 radical (unpaired) electrons. The summed E-state index contributed by atoms with van der Waals surface area (Å²) in [6, 6.07) is -0.222. The van der Waals surface area contributed by atoms with E-state index in [-0.39, 0.29) is 19.3 Å². The third-order valence-corrected chi connectivity index (χ3v) is 1.12. The van der Waals surface area contributed by atoms with E-state index in [1.807, 2.05) is 20.8 Å². The van der Waals surface area contributed by atoms with Gasteiger partial charge in [-0.25, -0.2) is 0 Å². The summed E-state index contributed by atoms with van der Waals surface area (Å²) in [7, 11) is 0. The Morgan fingerprint density at radius 3 is 1.91 bits per heavy atom. The average Bonchev–Trinajstić information content (AvgIpc) is 1.93. The molecular weight excluding hydrogens is 138 g/mol. The first-order chi connectivity index (χ1) is 4.68. The van der Waals surface area contributed by atoms with E-state index in [9.17, 15) is 4.79 Å². The molecule has 0 aliphatic rings. The van der Waals surface area contributed by atoms with Gasteiger partial charge in [0.05, 0.1) is 6.04 Å². The normalized spacial score (nSPS) is 10.3. The second kappa shape index (κ2) is 12.3. The molecule has 0 spiro atoms. The minimum absolute atomic E-state index is 0. The lowest BCUT2D eigenvalue weighted by Gasteiger charge is -2.02. The highest BCUT2D eigenvalue weighted by atomic mass is 16.1. The van der Waals surface area contributed by atoms with Crippen molar-refractivity contribution in [2.75, 3.05) is 0 Å². The van der Waals surface area contributed by atoms with Crippen LogP contribution >= 0.6 is 0 Å². The molecule has 0 aromatic heterocycles. The minimum Gasteiger partial charge on any atom is -0.322 e. The van der Waals surface area contributed by atoms with E-state index in [0.29, 0.717) is 0 Å². The highest BCUT2D eigenvalue weighted by Crippen LogP contribution is 1.92. The third kappa shape index (κ3) is 12.8. The summed E-state index contributed by atoms with van der Waals surface area (Å²) in [5.41, 5.74) is 5.38. The summed E-state index contributed by atoms with van der Waals surface area (Å²) in [4.78, 5) is 10.4. The molecule has 2 nitrogen and oxygen atoms in total. The van der Waals surface area contributed by atoms with Gasteiger partial charge in [0.2, 0.25) is 0 Å². The quantitative estimate of drug-likeness (QED) is 0.690. The molecule has 70 valence electrons. The monoisotopic (exact) mass is 161 g/mol. The van der Waals surface area contributed by atoms with E-state index in [2.05, 4.69) is 0 Å². The first-order valence-corrected chi connectivity index (χ1v) is 3.94. The van der Waals surface area contributed by atoms with Crippen molar-refractivity contribution >= 4 is 5.78 Å². The van der Waals surface area contributed by atoms with Gasteiger partial charge in [0.25, 0.3) is 0 Å². The molecule has 1 atom stereocenters. The molecule has 0 aromatic carbocycles. The van der Waals surface area contributed by atoms with Gasteiger partial charge in [-0.15, -0.1) is 0 Å². The molecule has 0 heterocycles. The van der Waals surface area contributed by atoms with Crippen LogP contribution in [0.2, 0.25) is 0 Å². The molecular formula is C9H23NO. The van der Waals surface area contributed by atoms with Gasteiger partial charge in [0, 0.05) is 0 Å². The van der Waals surface area contributed by atoms with Crippen LogP contribution in [0.25, 0.3) is 0 Å². The lowest BCUT2D eigenvalue weighted by Crippen LogP contribution is -2.27. The number of hydrogen-bond acceptors (Lipinski definition) is 2. The highest BCUT2D eigenvalue weighted by Gasteiger charge is 2.03. The zero-order valence-electron chi connectivity index (χ0n) is 7.48. The van der Waals surface area contributed by atoms with E-state index in [4.69, 9.17) is 5.73 Å². The fourth-order valence-corrected chi connectivity index (χ4v) is 0.514. The van der Waals surface area contributed by atoms with Crippen LogP contribution in [0.3, 0.4) is 0 Å². The van der Waals surface area contributed by atoms with Crippen molar-refractivity contribution in [3.05, 3.63) is 0 Å². The van der Waals surface area contributed by atoms with Gasteiger partial charge < -0.3 is 5.73 Å². The maximum Gasteiger partial charge on any atom is 0.146 e. The first-order valence-electron chi connectivity index (χ1n) is 3.94. The van der Waals surface area contributed by atoms with Crippen LogP contribution in [0, 0.1) is 0 Å². The number of Topliss-reactive ketones (excluding diaryl/α,β-unsaturated/α-hetero) is 1. The first kappa shape index (κ1) is 16.9. The van der Waals surface area contributed by atoms with Crippen molar-refractivity contribution < 1.29 is 4.79 Å². The fourth-order valence-electron chi connectivity index (χ4n) is 0.514. The Morgan fingerprint density at radius 1 is 1.45 bits per heavy atom. The maximum atomic E-state index is 10.4. The Hall–Kier alpha value is -0.370. The highest BCUT2D eigenvalue weighted by molar-refractivity contribution is 5.80. The van der Waals surface area contributed by atoms with Crippen LogP contribution in [-0.2, 0) is 4.79 Å². The number of nitrogens with two attached hydrogens (primary N) is 1. The summed E-state index contributed by atoms with van der Waals surface area (Å²) in [6.07, 6.45) is 1.80. The van der Waals surface area contributed by atoms with Crippen molar-refractivity contribution in [3.8, 4) is 0 Å². The second-order valence-corrected chi connectivity index (χ2v) is 2.01. The van der Waals surface area contributed by atoms with Crippen molar-refractivity contribution in [1.82, 2.24) is 0 Å². The van der Waals surface area contributed by atoms with Gasteiger partial charge >= 0.3 is 0 Å². The van der Waals surface area contributed by atoms with E-state index in [0.717, 1.165) is 12.8 Å². The largest absolute Gasteiger partial charge is 0.322 e. The molecule has 0 aromatic rings. The van der Waals surface area contributed by atoms with Gasteiger partial charge in [-0.3, -0.25) is 4.79 Å². The third-order valence-electron chi connectivity index (χ3n) is 1.12. The molecule has 0 fully saturated rings. The summed E-state index contributed by atoms with van der Waals surface area (Å²) < 4.78 is 0. The van der Waals surface area contributed by atoms with Crippen LogP contribution < -0.4 is 5.73 Å². The predicted molar refractivity (Wildman–Crippen MR) is 51.6 cm³/mol. The smallest absolute Gasteiger partial charge is 0.146 e. The standard InChI is InChI=1S/C6H13NO.C2H6.CH4/c1-3-4-6(7)5(2)8;1-2;/h6H,3-4,7H2,1-2H3;1-2H3;1H4. The van der Waals surface area contributed by atoms with Crippen LogP contribution in [0.15, 0.2) is 0 Å². The Bertz CT molecular complexity index is 81.6. The Balaban J connectivity index is -0.000000196. The summed E-state index contributed by atoms with van der Waals surface area (Å²) in [5, 5.41) is 0. The van der Waals surface area contributed by atoms with Crippen LogP contribution in [0.5, 0.6) is 0 Å². The zero-order valence-corrected chi connectivity index (χ0v) is 7.48. The number of hydrogen-bond donors (Lipinski definition) is 1. The van der Waals surface area contributed by atoms with Crippen LogP contribution in [0.1, 0.15) is 48.0 Å². The Labute approximate surface area is 71.2 Å². The van der Waals surface area contributed by atoms with Gasteiger partial charge in [0.1, 0.15) is 5.78 Å². The maximum absolute atomic E-state index is 10.4. The van der Waals surface area contributed by atoms with Crippen molar-refractivity contribution in [3.63, 3.8) is 0 Å². The van der Waals surface area contributed by atoms with E-state index in [1.54, 1.807) is 0 Å². The summed E-state index contributed by atoms with van der Waals surface area (Å²) >= 11 is 0. The number of rotatable bonds is 3. The van der Waals surface area contributed by atoms with E-state index < -0.39 is 0 Å². The van der Waals surface area contributed by atoms with E-state index in [1.165, 1.54) is 6.92 Å². The average molecular weight is 161 g/mol. The lowest BCUT2D eigenvalue weighted by atomic mass is 10.1. The zero-order chi connectivity index (χ0) is 8.57. The molecule has 0 saturated heterocycles. The van der Waals surface area contributed by atoms with Crippen LogP contribution in [0.4, 0.5) is 0 Å². The molecule has 11 heavy (non-hydrogen) atoms.